The number of benzene rings is 2. The number of halogens is 1. The van der Waals surface area contributed by atoms with Crippen LogP contribution in [0.25, 0.3) is 10.8 Å². The Labute approximate surface area is 181 Å². The van der Waals surface area contributed by atoms with Crippen LogP contribution >= 0.6 is 24.0 Å². The third-order valence-corrected chi connectivity index (χ3v) is 4.27. The van der Waals surface area contributed by atoms with E-state index in [2.05, 4.69) is 52.9 Å². The summed E-state index contributed by atoms with van der Waals surface area (Å²) in [4.78, 5) is 15.7. The molecule has 4 N–H and O–H groups in total. The molecule has 0 radical (unpaired) electrons. The monoisotopic (exact) mass is 492 g/mol. The van der Waals surface area contributed by atoms with Gasteiger partial charge in [-0.15, -0.1) is 24.0 Å². The third kappa shape index (κ3) is 5.48. The van der Waals surface area contributed by atoms with Crippen molar-refractivity contribution in [2.45, 2.75) is 26.4 Å². The molecule has 28 heavy (non-hydrogen) atoms. The topological polar surface area (TPSA) is 92.6 Å². The number of nitrogens with two attached hydrogens (primary N) is 1. The SMILES string of the molecule is CCNC(=NCc1ccc(C(N)=O)o1)NC(C)c1ccc2ccccc2c1.I. The van der Waals surface area contributed by atoms with Crippen molar-refractivity contribution in [1.82, 2.24) is 10.6 Å². The van der Waals surface area contributed by atoms with Gasteiger partial charge < -0.3 is 20.8 Å². The second-order valence-electron chi connectivity index (χ2n) is 6.30. The first kappa shape index (κ1) is 21.7. The van der Waals surface area contributed by atoms with Crippen LogP contribution in [0.1, 0.15) is 41.8 Å². The fourth-order valence-electron chi connectivity index (χ4n) is 2.84. The van der Waals surface area contributed by atoms with E-state index in [0.29, 0.717) is 18.3 Å². The lowest BCUT2D eigenvalue weighted by Gasteiger charge is -2.18. The number of hydrogen-bond acceptors (Lipinski definition) is 3. The average Bonchev–Trinajstić information content (AvgIpc) is 3.15. The Bertz CT molecular complexity index is 968. The molecule has 7 heteroatoms. The molecule has 0 saturated heterocycles. The van der Waals surface area contributed by atoms with E-state index in [9.17, 15) is 4.79 Å². The smallest absolute Gasteiger partial charge is 0.284 e. The van der Waals surface area contributed by atoms with Gasteiger partial charge in [-0.25, -0.2) is 4.99 Å². The lowest BCUT2D eigenvalue weighted by molar-refractivity contribution is 0.0972. The molecular formula is C21H25IN4O2. The molecule has 1 amide bonds. The van der Waals surface area contributed by atoms with Gasteiger partial charge in [0.05, 0.1) is 6.04 Å². The molecule has 1 aromatic heterocycles. The van der Waals surface area contributed by atoms with E-state index < -0.39 is 5.91 Å². The van der Waals surface area contributed by atoms with Crippen molar-refractivity contribution >= 4 is 46.6 Å². The predicted molar refractivity (Wildman–Crippen MR) is 123 cm³/mol. The highest BCUT2D eigenvalue weighted by molar-refractivity contribution is 14.0. The molecule has 0 aliphatic rings. The number of hydrogen-bond donors (Lipinski definition) is 3. The van der Waals surface area contributed by atoms with Gasteiger partial charge in [0, 0.05) is 6.54 Å². The lowest BCUT2D eigenvalue weighted by atomic mass is 10.0. The van der Waals surface area contributed by atoms with Crippen LogP contribution in [-0.4, -0.2) is 18.4 Å². The quantitative estimate of drug-likeness (QED) is 0.276. The van der Waals surface area contributed by atoms with Gasteiger partial charge in [-0.1, -0.05) is 36.4 Å². The highest BCUT2D eigenvalue weighted by atomic mass is 127. The van der Waals surface area contributed by atoms with E-state index in [4.69, 9.17) is 10.2 Å². The van der Waals surface area contributed by atoms with Gasteiger partial charge in [0.1, 0.15) is 12.3 Å². The number of furan rings is 1. The molecule has 0 aliphatic heterocycles. The standard InChI is InChI=1S/C21H24N4O2.HI/c1-3-23-21(24-13-18-10-11-19(27-18)20(22)26)25-14(2)16-9-8-15-6-4-5-7-17(15)12-16;/h4-12,14H,3,13H2,1-2H3,(H2,22,26)(H2,23,24,25);1H. The van der Waals surface area contributed by atoms with E-state index in [1.165, 1.54) is 16.3 Å². The molecule has 0 spiro atoms. The van der Waals surface area contributed by atoms with Crippen molar-refractivity contribution < 1.29 is 9.21 Å². The summed E-state index contributed by atoms with van der Waals surface area (Å²) in [5.41, 5.74) is 6.38. The number of rotatable bonds is 6. The van der Waals surface area contributed by atoms with Crippen LogP contribution in [-0.2, 0) is 6.54 Å². The molecule has 0 fully saturated rings. The first-order chi connectivity index (χ1) is 13.1. The number of guanidine groups is 1. The highest BCUT2D eigenvalue weighted by Gasteiger charge is 2.10. The molecule has 3 rings (SSSR count). The minimum Gasteiger partial charge on any atom is -0.454 e. The molecule has 1 atom stereocenters. The zero-order valence-electron chi connectivity index (χ0n) is 15.9. The lowest BCUT2D eigenvalue weighted by Crippen LogP contribution is -2.38. The van der Waals surface area contributed by atoms with Crippen molar-refractivity contribution in [2.75, 3.05) is 6.54 Å². The van der Waals surface area contributed by atoms with Crippen LogP contribution in [0.4, 0.5) is 0 Å². The number of carbonyl (C=O) groups excluding carboxylic acids is 1. The van der Waals surface area contributed by atoms with Crippen LogP contribution in [0.15, 0.2) is 64.0 Å². The maximum absolute atomic E-state index is 11.1. The molecular weight excluding hydrogens is 467 g/mol. The number of carbonyl (C=O) groups is 1. The van der Waals surface area contributed by atoms with Crippen LogP contribution in [0.3, 0.4) is 0 Å². The van der Waals surface area contributed by atoms with Gasteiger partial charge in [-0.05, 0) is 48.4 Å². The van der Waals surface area contributed by atoms with Crippen LogP contribution in [0, 0.1) is 0 Å². The predicted octanol–water partition coefficient (Wildman–Crippen LogP) is 3.97. The van der Waals surface area contributed by atoms with Gasteiger partial charge in [0.2, 0.25) is 0 Å². The minimum atomic E-state index is -0.583. The summed E-state index contributed by atoms with van der Waals surface area (Å²) in [5.74, 6) is 0.817. The van der Waals surface area contributed by atoms with Gasteiger partial charge in [0.25, 0.3) is 5.91 Å². The van der Waals surface area contributed by atoms with Crippen LogP contribution in [0.5, 0.6) is 0 Å². The largest absolute Gasteiger partial charge is 0.454 e. The van der Waals surface area contributed by atoms with Gasteiger partial charge in [0.15, 0.2) is 11.7 Å². The Morgan fingerprint density at radius 2 is 1.89 bits per heavy atom. The number of nitrogens with one attached hydrogen (secondary N) is 2. The number of primary amides is 1. The first-order valence-electron chi connectivity index (χ1n) is 8.99. The fourth-order valence-corrected chi connectivity index (χ4v) is 2.84. The Morgan fingerprint density at radius 1 is 1.14 bits per heavy atom. The number of nitrogens with zero attached hydrogens (tertiary/aromatic N) is 1. The zero-order chi connectivity index (χ0) is 19.2. The van der Waals surface area contributed by atoms with E-state index in [1.54, 1.807) is 12.1 Å². The fraction of sp³-hybridized carbons (Fsp3) is 0.238. The van der Waals surface area contributed by atoms with Crippen molar-refractivity contribution in [3.63, 3.8) is 0 Å². The molecule has 0 saturated carbocycles. The normalized spacial score (nSPS) is 12.3. The van der Waals surface area contributed by atoms with Crippen LogP contribution in [0.2, 0.25) is 0 Å². The number of aliphatic imine (C=N–C) groups is 1. The summed E-state index contributed by atoms with van der Waals surface area (Å²) in [5, 5.41) is 9.06. The van der Waals surface area contributed by atoms with E-state index >= 15 is 0 Å². The van der Waals surface area contributed by atoms with Gasteiger partial charge >= 0.3 is 0 Å². The van der Waals surface area contributed by atoms with E-state index in [-0.39, 0.29) is 35.8 Å². The summed E-state index contributed by atoms with van der Waals surface area (Å²) in [7, 11) is 0. The zero-order valence-corrected chi connectivity index (χ0v) is 18.3. The van der Waals surface area contributed by atoms with Gasteiger partial charge in [-0.3, -0.25) is 4.79 Å². The Balaban J connectivity index is 0.00000280. The average molecular weight is 492 g/mol. The number of amides is 1. The number of fused-ring (bicyclic) bond motifs is 1. The van der Waals surface area contributed by atoms with Gasteiger partial charge in [-0.2, -0.15) is 0 Å². The summed E-state index contributed by atoms with van der Waals surface area (Å²) in [6.45, 7) is 5.15. The molecule has 148 valence electrons. The maximum atomic E-state index is 11.1. The van der Waals surface area contributed by atoms with Crippen molar-refractivity contribution in [3.8, 4) is 0 Å². The van der Waals surface area contributed by atoms with E-state index in [0.717, 1.165) is 6.54 Å². The second-order valence-corrected chi connectivity index (χ2v) is 6.30. The summed E-state index contributed by atoms with van der Waals surface area (Å²) < 4.78 is 5.37. The minimum absolute atomic E-state index is 0. The Morgan fingerprint density at radius 3 is 2.57 bits per heavy atom. The summed E-state index contributed by atoms with van der Waals surface area (Å²) in [6.07, 6.45) is 0. The van der Waals surface area contributed by atoms with E-state index in [1.807, 2.05) is 19.1 Å². The Hall–Kier alpha value is -2.55. The van der Waals surface area contributed by atoms with Crippen molar-refractivity contribution in [3.05, 3.63) is 71.7 Å². The molecule has 0 aliphatic carbocycles. The molecule has 2 aromatic carbocycles. The van der Waals surface area contributed by atoms with Crippen LogP contribution < -0.4 is 16.4 Å². The highest BCUT2D eigenvalue weighted by Crippen LogP contribution is 2.20. The molecule has 6 nitrogen and oxygen atoms in total. The molecule has 0 bridgehead atoms. The second kappa shape index (κ2) is 10.1. The van der Waals surface area contributed by atoms with Crippen molar-refractivity contribution in [2.24, 2.45) is 10.7 Å². The molecule has 3 aromatic rings. The summed E-state index contributed by atoms with van der Waals surface area (Å²) in [6, 6.07) is 18.1. The molecule has 1 heterocycles. The third-order valence-electron chi connectivity index (χ3n) is 4.27. The molecule has 1 unspecified atom stereocenters. The Kier molecular flexibility index (Phi) is 7.86. The van der Waals surface area contributed by atoms with Crippen molar-refractivity contribution in [1.29, 1.82) is 0 Å². The maximum Gasteiger partial charge on any atom is 0.284 e. The first-order valence-corrected chi connectivity index (χ1v) is 8.99. The summed E-state index contributed by atoms with van der Waals surface area (Å²) >= 11 is 0.